The number of benzene rings is 2. The van der Waals surface area contributed by atoms with Crippen molar-refractivity contribution in [2.75, 3.05) is 19.8 Å². The molecule has 0 bridgehead atoms. The Bertz CT molecular complexity index is 856. The molecule has 6 N–H and O–H groups in total. The minimum atomic E-state index is -1.87. The summed E-state index contributed by atoms with van der Waals surface area (Å²) in [6.07, 6.45) is -7.31. The number of aliphatic hydroxyl groups excluding tert-OH is 6. The average Bonchev–Trinajstić information content (AvgIpc) is 3.32. The van der Waals surface area contributed by atoms with Gasteiger partial charge in [-0.25, -0.2) is 0 Å². The van der Waals surface area contributed by atoms with Gasteiger partial charge >= 0.3 is 0 Å². The lowest BCUT2D eigenvalue weighted by Gasteiger charge is -2.28. The number of hydrogen-bond donors (Lipinski definition) is 6. The van der Waals surface area contributed by atoms with Crippen molar-refractivity contribution in [2.24, 2.45) is 0 Å². The standard InChI is InChI=1S/C23H29ClO8/c24-18-6-3-14(20(27)22(29)23(30)21(28)19(26)11-25)10-15(18)9-13-1-4-16(5-2-13)32-17-7-8-31-12-17/h1-6,10,17,19-23,25-30H,7-9,11-12H2. The maximum absolute atomic E-state index is 10.5. The van der Waals surface area contributed by atoms with Crippen molar-refractivity contribution >= 4 is 11.6 Å². The Labute approximate surface area is 191 Å². The Kier molecular flexibility index (Phi) is 8.87. The van der Waals surface area contributed by atoms with Crippen LogP contribution in [-0.2, 0) is 11.2 Å². The largest absolute Gasteiger partial charge is 0.488 e. The van der Waals surface area contributed by atoms with E-state index in [1.54, 1.807) is 12.1 Å². The third-order valence-corrected chi connectivity index (χ3v) is 5.89. The Balaban J connectivity index is 1.68. The normalized spacial score (nSPS) is 21.0. The zero-order valence-electron chi connectivity index (χ0n) is 17.4. The van der Waals surface area contributed by atoms with Gasteiger partial charge in [-0.2, -0.15) is 0 Å². The molecule has 176 valence electrons. The predicted molar refractivity (Wildman–Crippen MR) is 117 cm³/mol. The van der Waals surface area contributed by atoms with Crippen molar-refractivity contribution in [3.63, 3.8) is 0 Å². The van der Waals surface area contributed by atoms with Gasteiger partial charge in [0.15, 0.2) is 0 Å². The maximum Gasteiger partial charge on any atom is 0.124 e. The summed E-state index contributed by atoms with van der Waals surface area (Å²) in [5.74, 6) is 0.750. The summed E-state index contributed by atoms with van der Waals surface area (Å²) in [6, 6.07) is 12.2. The fraction of sp³-hybridized carbons (Fsp3) is 0.478. The van der Waals surface area contributed by atoms with Crippen LogP contribution in [0.5, 0.6) is 5.75 Å². The lowest BCUT2D eigenvalue weighted by molar-refractivity contribution is -0.141. The van der Waals surface area contributed by atoms with Crippen LogP contribution in [0.25, 0.3) is 0 Å². The number of hydrogen-bond acceptors (Lipinski definition) is 8. The molecule has 0 aromatic heterocycles. The Morgan fingerprint density at radius 1 is 0.969 bits per heavy atom. The highest BCUT2D eigenvalue weighted by Gasteiger charge is 2.34. The monoisotopic (exact) mass is 468 g/mol. The molecule has 1 heterocycles. The zero-order chi connectivity index (χ0) is 23.3. The summed E-state index contributed by atoms with van der Waals surface area (Å²) in [4.78, 5) is 0. The van der Waals surface area contributed by atoms with Crippen LogP contribution in [0.1, 0.15) is 29.2 Å². The topological polar surface area (TPSA) is 140 Å². The average molecular weight is 469 g/mol. The molecule has 1 saturated heterocycles. The van der Waals surface area contributed by atoms with Crippen LogP contribution < -0.4 is 4.74 Å². The van der Waals surface area contributed by atoms with E-state index in [1.165, 1.54) is 6.07 Å². The zero-order valence-corrected chi connectivity index (χ0v) is 18.2. The summed E-state index contributed by atoms with van der Waals surface area (Å²) in [6.45, 7) is 0.490. The van der Waals surface area contributed by atoms with E-state index < -0.39 is 37.1 Å². The third-order valence-electron chi connectivity index (χ3n) is 5.52. The lowest BCUT2D eigenvalue weighted by atomic mass is 9.93. The highest BCUT2D eigenvalue weighted by atomic mass is 35.5. The van der Waals surface area contributed by atoms with Gasteiger partial charge in [-0.05, 0) is 41.3 Å². The highest BCUT2D eigenvalue weighted by molar-refractivity contribution is 6.31. The molecule has 1 fully saturated rings. The summed E-state index contributed by atoms with van der Waals surface area (Å²) in [5, 5.41) is 59.4. The van der Waals surface area contributed by atoms with Crippen LogP contribution in [0, 0.1) is 0 Å². The first-order chi connectivity index (χ1) is 15.3. The predicted octanol–water partition coefficient (Wildman–Crippen LogP) is 0.568. The van der Waals surface area contributed by atoms with Crippen LogP contribution in [0.2, 0.25) is 5.02 Å². The maximum atomic E-state index is 10.5. The molecular formula is C23H29ClO8. The smallest absolute Gasteiger partial charge is 0.124 e. The van der Waals surface area contributed by atoms with Crippen molar-refractivity contribution < 1.29 is 40.1 Å². The molecular weight excluding hydrogens is 440 g/mol. The second-order valence-electron chi connectivity index (χ2n) is 7.94. The van der Waals surface area contributed by atoms with Crippen LogP contribution >= 0.6 is 11.6 Å². The van der Waals surface area contributed by atoms with E-state index in [4.69, 9.17) is 26.2 Å². The lowest BCUT2D eigenvalue weighted by Crippen LogP contribution is -2.47. The van der Waals surface area contributed by atoms with Gasteiger partial charge in [0.2, 0.25) is 0 Å². The molecule has 6 unspecified atom stereocenters. The molecule has 0 amide bonds. The molecule has 0 aliphatic carbocycles. The van der Waals surface area contributed by atoms with Crippen LogP contribution in [-0.4, -0.2) is 81.0 Å². The molecule has 9 heteroatoms. The van der Waals surface area contributed by atoms with E-state index in [0.29, 0.717) is 30.2 Å². The van der Waals surface area contributed by atoms with Crippen molar-refractivity contribution in [1.82, 2.24) is 0 Å². The summed E-state index contributed by atoms with van der Waals surface area (Å²) < 4.78 is 11.2. The van der Waals surface area contributed by atoms with E-state index in [9.17, 15) is 25.5 Å². The Hall–Kier alpha value is -1.75. The minimum Gasteiger partial charge on any atom is -0.488 e. The Morgan fingerprint density at radius 2 is 1.69 bits per heavy atom. The van der Waals surface area contributed by atoms with E-state index in [2.05, 4.69) is 0 Å². The van der Waals surface area contributed by atoms with Gasteiger partial charge in [0.05, 0.1) is 19.8 Å². The minimum absolute atomic E-state index is 0.0623. The Morgan fingerprint density at radius 3 is 2.31 bits per heavy atom. The summed E-state index contributed by atoms with van der Waals surface area (Å²) in [5.41, 5.74) is 1.93. The second kappa shape index (κ2) is 11.4. The first kappa shape index (κ1) is 24.9. The van der Waals surface area contributed by atoms with Gasteiger partial charge in [-0.3, -0.25) is 0 Å². The summed E-state index contributed by atoms with van der Waals surface area (Å²) >= 11 is 6.32. The molecule has 1 aliphatic rings. The SMILES string of the molecule is OCC(O)C(O)C(O)C(O)C(O)c1ccc(Cl)c(Cc2ccc(OC3CCOC3)cc2)c1. The molecule has 2 aromatic rings. The van der Waals surface area contributed by atoms with Crippen LogP contribution in [0.15, 0.2) is 42.5 Å². The van der Waals surface area contributed by atoms with Gasteiger partial charge in [0.1, 0.15) is 42.4 Å². The first-order valence-electron chi connectivity index (χ1n) is 10.4. The fourth-order valence-electron chi connectivity index (χ4n) is 3.54. The third kappa shape index (κ3) is 6.18. The van der Waals surface area contributed by atoms with Crippen LogP contribution in [0.4, 0.5) is 0 Å². The van der Waals surface area contributed by atoms with Gasteiger partial charge < -0.3 is 40.1 Å². The van der Waals surface area contributed by atoms with Gasteiger partial charge in [0, 0.05) is 11.4 Å². The molecule has 1 aliphatic heterocycles. The first-order valence-corrected chi connectivity index (χ1v) is 10.8. The van der Waals surface area contributed by atoms with E-state index >= 15 is 0 Å². The molecule has 0 radical (unpaired) electrons. The summed E-state index contributed by atoms with van der Waals surface area (Å²) in [7, 11) is 0. The highest BCUT2D eigenvalue weighted by Crippen LogP contribution is 2.28. The van der Waals surface area contributed by atoms with E-state index in [0.717, 1.165) is 17.7 Å². The molecule has 0 spiro atoms. The second-order valence-corrected chi connectivity index (χ2v) is 8.35. The van der Waals surface area contributed by atoms with Gasteiger partial charge in [-0.1, -0.05) is 35.9 Å². The molecule has 3 rings (SSSR count). The fourth-order valence-corrected chi connectivity index (χ4v) is 3.72. The van der Waals surface area contributed by atoms with E-state index in [1.807, 2.05) is 24.3 Å². The number of aliphatic hydroxyl groups is 6. The van der Waals surface area contributed by atoms with Crippen molar-refractivity contribution in [3.8, 4) is 5.75 Å². The van der Waals surface area contributed by atoms with Crippen molar-refractivity contribution in [2.45, 2.75) is 49.5 Å². The molecule has 0 saturated carbocycles. The number of halogens is 1. The quantitative estimate of drug-likeness (QED) is 0.297. The number of rotatable bonds is 10. The van der Waals surface area contributed by atoms with Crippen molar-refractivity contribution in [3.05, 3.63) is 64.2 Å². The van der Waals surface area contributed by atoms with Crippen molar-refractivity contribution in [1.29, 1.82) is 0 Å². The number of ether oxygens (including phenoxy) is 2. The van der Waals surface area contributed by atoms with Gasteiger partial charge in [-0.15, -0.1) is 0 Å². The van der Waals surface area contributed by atoms with E-state index in [-0.39, 0.29) is 11.7 Å². The molecule has 8 nitrogen and oxygen atoms in total. The molecule has 32 heavy (non-hydrogen) atoms. The molecule has 6 atom stereocenters. The van der Waals surface area contributed by atoms with Gasteiger partial charge in [0.25, 0.3) is 0 Å². The molecule has 2 aromatic carbocycles. The van der Waals surface area contributed by atoms with Crippen LogP contribution in [0.3, 0.4) is 0 Å².